The number of likely N-dealkylation sites (tertiary alicyclic amines) is 1. The molecule has 0 spiro atoms. The number of nitrogens with zero attached hydrogens (tertiary/aromatic N) is 1. The van der Waals surface area contributed by atoms with Crippen LogP contribution in [0.4, 0.5) is 0 Å². The molecule has 2 rings (SSSR count). The number of hydrogen-bond donors (Lipinski definition) is 1. The van der Waals surface area contributed by atoms with Crippen molar-refractivity contribution in [3.05, 3.63) is 0 Å². The molecule has 0 aliphatic carbocycles. The second kappa shape index (κ2) is 5.50. The number of hydrogen-bond acceptors (Lipinski definition) is 2. The maximum absolute atomic E-state index is 3.71. The molecular formula is C14H28N2. The van der Waals surface area contributed by atoms with E-state index in [2.05, 4.69) is 31.0 Å². The molecule has 2 aliphatic heterocycles. The minimum absolute atomic E-state index is 0.737. The lowest BCUT2D eigenvalue weighted by Crippen LogP contribution is -2.52. The molecule has 4 unspecified atom stereocenters. The second-order valence-corrected chi connectivity index (χ2v) is 6.17. The molecule has 1 N–H and O–H groups in total. The van der Waals surface area contributed by atoms with Crippen LogP contribution in [0.5, 0.6) is 0 Å². The standard InChI is InChI=1S/C14H28N2/c1-11-6-7-13(3)16(9-11)10-14-12(2)5-4-8-15-14/h11-15H,4-10H2,1-3H3. The number of rotatable bonds is 2. The summed E-state index contributed by atoms with van der Waals surface area (Å²) in [4.78, 5) is 2.72. The molecule has 0 aromatic carbocycles. The maximum atomic E-state index is 3.71. The Kier molecular flexibility index (Phi) is 4.26. The molecule has 2 heteroatoms. The lowest BCUT2D eigenvalue weighted by molar-refractivity contribution is 0.0955. The zero-order valence-corrected chi connectivity index (χ0v) is 11.2. The zero-order valence-electron chi connectivity index (χ0n) is 11.2. The fraction of sp³-hybridized carbons (Fsp3) is 1.00. The average molecular weight is 224 g/mol. The van der Waals surface area contributed by atoms with Crippen LogP contribution >= 0.6 is 0 Å². The van der Waals surface area contributed by atoms with E-state index in [-0.39, 0.29) is 0 Å². The van der Waals surface area contributed by atoms with E-state index in [1.54, 1.807) is 0 Å². The normalized spacial score (nSPS) is 42.2. The molecular weight excluding hydrogens is 196 g/mol. The smallest absolute Gasteiger partial charge is 0.0220 e. The predicted molar refractivity (Wildman–Crippen MR) is 69.6 cm³/mol. The lowest BCUT2D eigenvalue weighted by Gasteiger charge is -2.41. The molecule has 2 nitrogen and oxygen atoms in total. The van der Waals surface area contributed by atoms with Gasteiger partial charge in [0.2, 0.25) is 0 Å². The van der Waals surface area contributed by atoms with Crippen LogP contribution < -0.4 is 5.32 Å². The Morgan fingerprint density at radius 2 is 1.94 bits per heavy atom. The highest BCUT2D eigenvalue weighted by Gasteiger charge is 2.28. The van der Waals surface area contributed by atoms with E-state index in [1.165, 1.54) is 45.3 Å². The van der Waals surface area contributed by atoms with Crippen LogP contribution in [-0.4, -0.2) is 36.6 Å². The Balaban J connectivity index is 1.86. The molecule has 2 saturated heterocycles. The van der Waals surface area contributed by atoms with Gasteiger partial charge in [0.1, 0.15) is 0 Å². The highest BCUT2D eigenvalue weighted by atomic mass is 15.2. The number of nitrogens with one attached hydrogen (secondary N) is 1. The minimum atomic E-state index is 0.737. The van der Waals surface area contributed by atoms with E-state index in [1.807, 2.05) is 0 Å². The average Bonchev–Trinajstić information content (AvgIpc) is 2.27. The van der Waals surface area contributed by atoms with Gasteiger partial charge in [-0.3, -0.25) is 4.90 Å². The molecule has 0 amide bonds. The third-order valence-electron chi connectivity index (χ3n) is 4.61. The quantitative estimate of drug-likeness (QED) is 0.775. The van der Waals surface area contributed by atoms with Gasteiger partial charge in [0.15, 0.2) is 0 Å². The van der Waals surface area contributed by atoms with Gasteiger partial charge in [-0.25, -0.2) is 0 Å². The van der Waals surface area contributed by atoms with Crippen LogP contribution in [0.15, 0.2) is 0 Å². The molecule has 16 heavy (non-hydrogen) atoms. The second-order valence-electron chi connectivity index (χ2n) is 6.17. The van der Waals surface area contributed by atoms with Crippen LogP contribution in [0.1, 0.15) is 46.5 Å². The van der Waals surface area contributed by atoms with Gasteiger partial charge in [0.05, 0.1) is 0 Å². The summed E-state index contributed by atoms with van der Waals surface area (Å²) in [5.74, 6) is 1.76. The first kappa shape index (κ1) is 12.4. The Morgan fingerprint density at radius 3 is 2.69 bits per heavy atom. The van der Waals surface area contributed by atoms with Crippen molar-refractivity contribution in [2.24, 2.45) is 11.8 Å². The van der Waals surface area contributed by atoms with E-state index in [0.29, 0.717) is 0 Å². The van der Waals surface area contributed by atoms with E-state index >= 15 is 0 Å². The van der Waals surface area contributed by atoms with Crippen LogP contribution in [0.2, 0.25) is 0 Å². The zero-order chi connectivity index (χ0) is 11.5. The molecule has 0 radical (unpaired) electrons. The molecule has 2 fully saturated rings. The van der Waals surface area contributed by atoms with Crippen molar-refractivity contribution in [2.45, 2.75) is 58.5 Å². The molecule has 94 valence electrons. The SMILES string of the molecule is CC1CCC(C)N(CC2NCCCC2C)C1. The van der Waals surface area contributed by atoms with Crippen molar-refractivity contribution >= 4 is 0 Å². The summed E-state index contributed by atoms with van der Waals surface area (Å²) in [7, 11) is 0. The van der Waals surface area contributed by atoms with Crippen molar-refractivity contribution < 1.29 is 0 Å². The van der Waals surface area contributed by atoms with Crippen molar-refractivity contribution in [3.63, 3.8) is 0 Å². The van der Waals surface area contributed by atoms with Crippen molar-refractivity contribution in [1.82, 2.24) is 10.2 Å². The maximum Gasteiger partial charge on any atom is 0.0220 e. The van der Waals surface area contributed by atoms with E-state index in [9.17, 15) is 0 Å². The van der Waals surface area contributed by atoms with Crippen LogP contribution in [0, 0.1) is 11.8 Å². The summed E-state index contributed by atoms with van der Waals surface area (Å²) in [5.41, 5.74) is 0. The highest BCUT2D eigenvalue weighted by molar-refractivity contribution is 4.85. The fourth-order valence-electron chi connectivity index (χ4n) is 3.25. The molecule has 2 heterocycles. The fourth-order valence-corrected chi connectivity index (χ4v) is 3.25. The van der Waals surface area contributed by atoms with Crippen LogP contribution in [0.3, 0.4) is 0 Å². The first-order valence-corrected chi connectivity index (χ1v) is 7.14. The van der Waals surface area contributed by atoms with E-state index in [0.717, 1.165) is 23.9 Å². The lowest BCUT2D eigenvalue weighted by atomic mass is 9.89. The first-order chi connectivity index (χ1) is 7.66. The van der Waals surface area contributed by atoms with Gasteiger partial charge in [0, 0.05) is 25.2 Å². The molecule has 4 atom stereocenters. The Hall–Kier alpha value is -0.0800. The summed E-state index contributed by atoms with van der Waals surface area (Å²) < 4.78 is 0. The van der Waals surface area contributed by atoms with Gasteiger partial charge in [-0.2, -0.15) is 0 Å². The van der Waals surface area contributed by atoms with Gasteiger partial charge in [-0.05, 0) is 51.0 Å². The van der Waals surface area contributed by atoms with Crippen molar-refractivity contribution in [3.8, 4) is 0 Å². The molecule has 0 saturated carbocycles. The minimum Gasteiger partial charge on any atom is -0.312 e. The third-order valence-corrected chi connectivity index (χ3v) is 4.61. The van der Waals surface area contributed by atoms with Crippen LogP contribution in [-0.2, 0) is 0 Å². The Bertz CT molecular complexity index is 217. The number of piperidine rings is 2. The topological polar surface area (TPSA) is 15.3 Å². The molecule has 2 aliphatic rings. The van der Waals surface area contributed by atoms with Crippen LogP contribution in [0.25, 0.3) is 0 Å². The Labute approximate surface area is 101 Å². The van der Waals surface area contributed by atoms with Crippen molar-refractivity contribution in [1.29, 1.82) is 0 Å². The van der Waals surface area contributed by atoms with Gasteiger partial charge in [0.25, 0.3) is 0 Å². The Morgan fingerprint density at radius 1 is 1.12 bits per heavy atom. The third kappa shape index (κ3) is 2.98. The van der Waals surface area contributed by atoms with Gasteiger partial charge < -0.3 is 5.32 Å². The predicted octanol–water partition coefficient (Wildman–Crippen LogP) is 2.49. The summed E-state index contributed by atoms with van der Waals surface area (Å²) in [6.45, 7) is 11.0. The molecule has 0 aromatic rings. The monoisotopic (exact) mass is 224 g/mol. The van der Waals surface area contributed by atoms with E-state index < -0.39 is 0 Å². The molecule has 0 bridgehead atoms. The summed E-state index contributed by atoms with van der Waals surface area (Å²) in [6, 6.07) is 1.54. The summed E-state index contributed by atoms with van der Waals surface area (Å²) in [5, 5.41) is 3.71. The van der Waals surface area contributed by atoms with E-state index in [4.69, 9.17) is 0 Å². The summed E-state index contributed by atoms with van der Waals surface area (Å²) >= 11 is 0. The summed E-state index contributed by atoms with van der Waals surface area (Å²) in [6.07, 6.45) is 5.59. The van der Waals surface area contributed by atoms with Gasteiger partial charge in [-0.1, -0.05) is 13.8 Å². The highest BCUT2D eigenvalue weighted by Crippen LogP contribution is 2.24. The van der Waals surface area contributed by atoms with Gasteiger partial charge >= 0.3 is 0 Å². The first-order valence-electron chi connectivity index (χ1n) is 7.14. The van der Waals surface area contributed by atoms with Gasteiger partial charge in [-0.15, -0.1) is 0 Å². The molecule has 0 aromatic heterocycles. The largest absolute Gasteiger partial charge is 0.312 e. The van der Waals surface area contributed by atoms with Crippen molar-refractivity contribution in [2.75, 3.05) is 19.6 Å².